The summed E-state index contributed by atoms with van der Waals surface area (Å²) in [5, 5.41) is 0. The minimum Gasteiger partial charge on any atom is -0.464 e. The van der Waals surface area contributed by atoms with Gasteiger partial charge in [-0.25, -0.2) is 33.6 Å². The van der Waals surface area contributed by atoms with Crippen molar-refractivity contribution in [2.24, 2.45) is 0 Å². The summed E-state index contributed by atoms with van der Waals surface area (Å²) >= 11 is 0. The van der Waals surface area contributed by atoms with E-state index in [1.165, 1.54) is 99.5 Å². The van der Waals surface area contributed by atoms with Crippen LogP contribution in [0.4, 0.5) is 0 Å². The Kier molecular flexibility index (Phi) is 50.6. The first kappa shape index (κ1) is 113. The molecule has 21 rings (SSSR count). The maximum Gasteiger partial charge on any atom is 0.332 e. The number of methoxy groups -OCH3 is 14. The molecule has 35 atom stereocenters. The number of carbonyl (C=O) groups is 7. The summed E-state index contributed by atoms with van der Waals surface area (Å²) in [4.78, 5) is 92.2. The third kappa shape index (κ3) is 30.7. The fourth-order valence-corrected chi connectivity index (χ4v) is 16.9. The average Bonchev–Trinajstić information content (AvgIpc) is 0.987. The summed E-state index contributed by atoms with van der Waals surface area (Å²) in [6.07, 6.45) is -49.4. The fraction of sp³-hybridized carbons (Fsp3) is 0.917. The molecule has 0 radical (unpaired) electrons. The zero-order chi connectivity index (χ0) is 96.8. The summed E-state index contributed by atoms with van der Waals surface area (Å²) in [6, 6.07) is 0. The number of rotatable bonds is 49. The monoisotopic (exact) mass is 1930 g/mol. The highest BCUT2D eigenvalue weighted by atomic mass is 16.8. The van der Waals surface area contributed by atoms with Crippen molar-refractivity contribution in [3.05, 3.63) is 0 Å². The molecule has 0 aromatic carbocycles. The number of ether oxygens (including phenoxy) is 42. The quantitative estimate of drug-likeness (QED) is 0.0471. The van der Waals surface area contributed by atoms with Gasteiger partial charge in [0.2, 0.25) is 0 Å². The van der Waals surface area contributed by atoms with E-state index in [2.05, 4.69) is 0 Å². The minimum atomic E-state index is -1.60. The van der Waals surface area contributed by atoms with E-state index in [-0.39, 0.29) is 46.2 Å². The molecule has 49 nitrogen and oxygen atoms in total. The number of hydrogen-bond donors (Lipinski definition) is 0. The lowest BCUT2D eigenvalue weighted by Gasteiger charge is -2.52. The molecule has 0 unspecified atom stereocenters. The van der Waals surface area contributed by atoms with Crippen molar-refractivity contribution in [3.63, 3.8) is 0 Å². The Labute approximate surface area is 773 Å². The third-order valence-corrected chi connectivity index (χ3v) is 22.6. The Morgan fingerprint density at radius 3 is 0.361 bits per heavy atom. The van der Waals surface area contributed by atoms with Crippen LogP contribution in [0.1, 0.15) is 48.5 Å². The van der Waals surface area contributed by atoms with Crippen LogP contribution in [-0.4, -0.2) is 495 Å². The Bertz CT molecular complexity index is 2750. The largest absolute Gasteiger partial charge is 0.464 e. The molecule has 770 valence electrons. The Morgan fingerprint density at radius 1 is 0.165 bits per heavy atom. The summed E-state index contributed by atoms with van der Waals surface area (Å²) in [5.41, 5.74) is 0. The number of hydrogen-bond acceptors (Lipinski definition) is 49. The predicted octanol–water partition coefficient (Wildman–Crippen LogP) is -1.96. The van der Waals surface area contributed by atoms with E-state index in [9.17, 15) is 33.6 Å². The highest BCUT2D eigenvalue weighted by Gasteiger charge is 2.63. The summed E-state index contributed by atoms with van der Waals surface area (Å²) in [6.45, 7) is 3.71. The summed E-state index contributed by atoms with van der Waals surface area (Å²) in [5.74, 6) is -5.20. The summed E-state index contributed by atoms with van der Waals surface area (Å²) < 4.78 is 268. The number of esters is 7. The maximum absolute atomic E-state index is 13.2. The van der Waals surface area contributed by atoms with Crippen LogP contribution in [0.25, 0.3) is 0 Å². The summed E-state index contributed by atoms with van der Waals surface area (Å²) in [7, 11) is 18.9. The zero-order valence-electron chi connectivity index (χ0n) is 79.6. The molecule has 21 aliphatic heterocycles. The van der Waals surface area contributed by atoms with Crippen molar-refractivity contribution >= 4 is 41.8 Å². The molecule has 0 aromatic rings. The molecule has 0 N–H and O–H groups in total. The van der Waals surface area contributed by atoms with E-state index < -0.39 is 349 Å². The van der Waals surface area contributed by atoms with Gasteiger partial charge in [0.15, 0.2) is 44.0 Å². The molecular weight excluding hydrogens is 1790 g/mol. The van der Waals surface area contributed by atoms with Crippen LogP contribution in [0.5, 0.6) is 0 Å². The van der Waals surface area contributed by atoms with Gasteiger partial charge in [0.1, 0.15) is 217 Å². The molecule has 49 heteroatoms. The van der Waals surface area contributed by atoms with Gasteiger partial charge >= 0.3 is 41.8 Å². The van der Waals surface area contributed by atoms with Gasteiger partial charge < -0.3 is 199 Å². The van der Waals surface area contributed by atoms with Gasteiger partial charge in [-0.3, -0.25) is 0 Å². The predicted molar refractivity (Wildman–Crippen MR) is 438 cm³/mol. The lowest BCUT2D eigenvalue weighted by atomic mass is 9.94. The van der Waals surface area contributed by atoms with Crippen molar-refractivity contribution in [2.45, 2.75) is 263 Å². The van der Waals surface area contributed by atoms with E-state index >= 15 is 0 Å². The first-order chi connectivity index (χ1) is 64.4. The highest BCUT2D eigenvalue weighted by Crippen LogP contribution is 2.44. The molecule has 0 saturated carbocycles. The van der Waals surface area contributed by atoms with Gasteiger partial charge in [0.05, 0.1) is 92.5 Å². The van der Waals surface area contributed by atoms with Gasteiger partial charge in [-0.1, -0.05) is 0 Å². The van der Waals surface area contributed by atoms with Gasteiger partial charge in [0.25, 0.3) is 0 Å². The van der Waals surface area contributed by atoms with Crippen molar-refractivity contribution < 1.29 is 233 Å². The molecule has 0 spiro atoms. The second-order valence-electron chi connectivity index (χ2n) is 30.6. The molecule has 0 aliphatic carbocycles. The lowest BCUT2D eigenvalue weighted by molar-refractivity contribution is -0.403. The minimum absolute atomic E-state index is 0.00465. The van der Waals surface area contributed by atoms with Crippen LogP contribution >= 0.6 is 0 Å². The maximum atomic E-state index is 13.2. The van der Waals surface area contributed by atoms with Crippen molar-refractivity contribution in [1.82, 2.24) is 0 Å². The molecule has 21 aliphatic rings. The van der Waals surface area contributed by atoms with Crippen LogP contribution in [-0.2, 0) is 233 Å². The average molecular weight is 1930 g/mol. The molecule has 14 bridgehead atoms. The second kappa shape index (κ2) is 59.5. The third-order valence-electron chi connectivity index (χ3n) is 22.6. The van der Waals surface area contributed by atoms with Gasteiger partial charge in [-0.15, -0.1) is 0 Å². The van der Waals surface area contributed by atoms with E-state index in [1.54, 1.807) is 48.5 Å². The normalized spacial score (nSPS) is 36.7. The van der Waals surface area contributed by atoms with Crippen LogP contribution in [0, 0.1) is 0 Å². The van der Waals surface area contributed by atoms with Crippen molar-refractivity contribution in [1.29, 1.82) is 0 Å². The van der Waals surface area contributed by atoms with Gasteiger partial charge in [-0.2, -0.15) is 0 Å². The van der Waals surface area contributed by atoms with Crippen LogP contribution < -0.4 is 0 Å². The second-order valence-corrected chi connectivity index (χ2v) is 30.6. The van der Waals surface area contributed by atoms with Gasteiger partial charge in [0, 0.05) is 99.5 Å². The molecule has 21 fully saturated rings. The van der Waals surface area contributed by atoms with E-state index in [1.807, 2.05) is 0 Å². The first-order valence-corrected chi connectivity index (χ1v) is 44.2. The van der Waals surface area contributed by atoms with E-state index in [0.717, 1.165) is 0 Å². The van der Waals surface area contributed by atoms with Crippen LogP contribution in [0.3, 0.4) is 0 Å². The molecule has 0 aromatic heterocycles. The highest BCUT2D eigenvalue weighted by molar-refractivity contribution is 5.72. The smallest absolute Gasteiger partial charge is 0.332 e. The zero-order valence-corrected chi connectivity index (χ0v) is 79.6. The molecule has 21 heterocycles. The Balaban J connectivity index is 1.36. The standard InChI is InChI=1S/C84H140O49/c1-22-113-50(85)36-106-29-43-57-64(92-8)71(99-15)78(120-43)128-58-44(30-107-37-51(86)114-23-2)122-80(73(101-17)65(58)93-9)130-60-46(32-109-39-53(88)116-25-4)124-82(75(103-19)67(60)95-11)132-62-48(34-111-41-55(90)118-27-6)126-84(77(105-21)69(62)97-13)133-63-49(35-112-42-56(91)119-28-7)125-83(76(104-20)70(63)98-14)131-61-47(33-110-40-54(89)117-26-5)123-81(74(102-18)68(61)96-12)129-59-45(31-108-38-52(87)115-24-3)121-79(127-57)72(100-16)66(59)94-10/h43-49,57-84H,22-42H2,1-21H3/t43-,44-,45-,46-,47-,48-,49-,57-,58-,59-,60-,61-,62-,63-,64+,65+,66+,67+,68+,69+,70+,71-,72-,73-,74-,75-,76-,77-,78-,79-,80-,81-,82-,83-,84-/m1/s1. The van der Waals surface area contributed by atoms with Crippen LogP contribution in [0.2, 0.25) is 0 Å². The van der Waals surface area contributed by atoms with E-state index in [0.29, 0.717) is 0 Å². The molecule has 133 heavy (non-hydrogen) atoms. The Hall–Kier alpha value is -5.11. The number of carbonyl (C=O) groups excluding carboxylic acids is 7. The molecular formula is C84H140O49. The van der Waals surface area contributed by atoms with Crippen LogP contribution in [0.15, 0.2) is 0 Å². The Morgan fingerprint density at radius 2 is 0.271 bits per heavy atom. The topological polar surface area (TPSA) is 507 Å². The SMILES string of the molecule is CCOC(=O)COC[C@H]1O[C@@H]2O[C@H]3[C@H](OC)[C@@H](OC)[C@@H](O[C@H]4[C@H](OC)[C@@H](OC)[C@@H](O[C@H]5[C@H](OC)[C@@H](OC)[C@@H](O[C@H]6[C@H](OC)[C@@H](OC)[C@@H](O[C@H]7[C@H](OC)[C@@H](OC)[C@@H](O[C@H]8[C@H](OC)[C@@H](OC)[C@@H](O[C@H]1[C@H](OC)[C@H]2OC)O[C@@H]8COCC(=O)OCC)O[C@@H]7COCC(=O)OCC)O[C@@H]6COCC(=O)OCC)O[C@@H]5COCC(=O)OCC)O[C@@H]4COCC(=O)OCC)O[C@@H]3COCC(=O)OCC. The fourth-order valence-electron chi connectivity index (χ4n) is 16.9. The van der Waals surface area contributed by atoms with Crippen molar-refractivity contribution in [3.8, 4) is 0 Å². The van der Waals surface area contributed by atoms with Gasteiger partial charge in [-0.05, 0) is 48.5 Å². The lowest BCUT2D eigenvalue weighted by Crippen LogP contribution is -2.69. The first-order valence-electron chi connectivity index (χ1n) is 44.2. The van der Waals surface area contributed by atoms with E-state index in [4.69, 9.17) is 199 Å². The van der Waals surface area contributed by atoms with Crippen molar-refractivity contribution in [2.75, 3.05) is 238 Å². The molecule has 21 saturated heterocycles. The molecule has 0 amide bonds.